The average Bonchev–Trinajstić information content (AvgIpc) is 3.72. The van der Waals surface area contributed by atoms with Crippen LogP contribution in [0.1, 0.15) is 80.5 Å². The molecule has 0 bridgehead atoms. The maximum atomic E-state index is 13.1. The van der Waals surface area contributed by atoms with Crippen LogP contribution in [0, 0.1) is 0 Å². The molecule has 6 N–H and O–H groups in total. The Hall–Kier alpha value is -3.15. The molecule has 0 radical (unpaired) electrons. The van der Waals surface area contributed by atoms with Crippen molar-refractivity contribution in [3.8, 4) is 0 Å². The summed E-state index contributed by atoms with van der Waals surface area (Å²) in [4.78, 5) is 56.0. The second-order valence-corrected chi connectivity index (χ2v) is 11.8. The quantitative estimate of drug-likeness (QED) is 0.258. The van der Waals surface area contributed by atoms with Gasteiger partial charge < -0.3 is 31.4 Å². The highest BCUT2D eigenvalue weighted by molar-refractivity contribution is 7.12. The van der Waals surface area contributed by atoms with Gasteiger partial charge in [0.1, 0.15) is 26.6 Å². The summed E-state index contributed by atoms with van der Waals surface area (Å²) in [6.45, 7) is 3.13. The lowest BCUT2D eigenvalue weighted by molar-refractivity contribution is -0.124. The van der Waals surface area contributed by atoms with E-state index in [0.29, 0.717) is 39.3 Å². The Morgan fingerprint density at radius 1 is 1.02 bits per heavy atom. The Morgan fingerprint density at radius 2 is 1.68 bits per heavy atom. The summed E-state index contributed by atoms with van der Waals surface area (Å²) >= 11 is 3.67. The number of esters is 2. The van der Waals surface area contributed by atoms with Crippen LogP contribution in [0.4, 0.5) is 0 Å². The summed E-state index contributed by atoms with van der Waals surface area (Å²) in [7, 11) is 2.53. The first-order chi connectivity index (χ1) is 19.0. The van der Waals surface area contributed by atoms with Crippen LogP contribution in [0.3, 0.4) is 0 Å². The third-order valence-electron chi connectivity index (χ3n) is 6.32. The highest BCUT2D eigenvalue weighted by Gasteiger charge is 2.49. The first-order valence-electron chi connectivity index (χ1n) is 12.1. The minimum atomic E-state index is -1.24. The summed E-state index contributed by atoms with van der Waals surface area (Å²) in [6, 6.07) is -2.42. The zero-order valence-corrected chi connectivity index (χ0v) is 24.6. The number of ether oxygens (including phenoxy) is 2. The topological polar surface area (TPSA) is 205 Å². The molecule has 0 aromatic carbocycles. The number of aliphatic hydroxyl groups excluding tert-OH is 1. The summed E-state index contributed by atoms with van der Waals surface area (Å²) in [5.74, 6) is -1.63. The van der Waals surface area contributed by atoms with Crippen LogP contribution < -0.4 is 16.8 Å². The largest absolute Gasteiger partial charge is 0.464 e. The zero-order valence-electron chi connectivity index (χ0n) is 22.1. The SMILES string of the molecule is COC(=O)c1csc(C2=N[C@H](c3csc([C@@H](N)[C@@H](C)O)n3)[C@@](NC(=O)[C@H](C)N)(c3nc(C(=O)OC)cs3)CC2)n1. The molecule has 13 nitrogen and oxygen atoms in total. The second kappa shape index (κ2) is 12.2. The van der Waals surface area contributed by atoms with Crippen molar-refractivity contribution in [1.29, 1.82) is 0 Å². The summed E-state index contributed by atoms with van der Waals surface area (Å²) in [5.41, 5.74) is 12.2. The molecule has 1 amide bonds. The van der Waals surface area contributed by atoms with Gasteiger partial charge in [-0.2, -0.15) is 0 Å². The van der Waals surface area contributed by atoms with Crippen LogP contribution in [-0.2, 0) is 19.8 Å². The number of carbonyl (C=O) groups is 3. The number of nitrogens with one attached hydrogen (secondary N) is 1. The number of rotatable bonds is 9. The van der Waals surface area contributed by atoms with Gasteiger partial charge >= 0.3 is 11.9 Å². The fourth-order valence-corrected chi connectivity index (χ4v) is 6.82. The fourth-order valence-electron chi connectivity index (χ4n) is 4.07. The summed E-state index contributed by atoms with van der Waals surface area (Å²) in [5, 5.41) is 19.4. The highest BCUT2D eigenvalue weighted by Crippen LogP contribution is 2.47. The number of nitrogens with two attached hydrogens (primary N) is 2. The molecule has 5 atom stereocenters. The molecule has 0 fully saturated rings. The van der Waals surface area contributed by atoms with Gasteiger partial charge in [0.05, 0.1) is 43.8 Å². The number of nitrogens with zero attached hydrogens (tertiary/aromatic N) is 4. The van der Waals surface area contributed by atoms with E-state index >= 15 is 0 Å². The van der Waals surface area contributed by atoms with E-state index in [4.69, 9.17) is 30.9 Å². The number of aliphatic imine (C=N–C) groups is 1. The van der Waals surface area contributed by atoms with Gasteiger partial charge in [0, 0.05) is 16.1 Å². The summed E-state index contributed by atoms with van der Waals surface area (Å²) < 4.78 is 9.62. The van der Waals surface area contributed by atoms with Crippen molar-refractivity contribution in [2.75, 3.05) is 14.2 Å². The lowest BCUT2D eigenvalue weighted by atomic mass is 9.80. The minimum Gasteiger partial charge on any atom is -0.464 e. The van der Waals surface area contributed by atoms with Crippen LogP contribution in [0.2, 0.25) is 0 Å². The van der Waals surface area contributed by atoms with Gasteiger partial charge in [-0.05, 0) is 26.7 Å². The maximum Gasteiger partial charge on any atom is 0.357 e. The third-order valence-corrected chi connectivity index (χ3v) is 9.19. The second-order valence-electron chi connectivity index (χ2n) is 9.16. The van der Waals surface area contributed by atoms with E-state index in [1.165, 1.54) is 48.2 Å². The highest BCUT2D eigenvalue weighted by atomic mass is 32.1. The molecule has 0 saturated heterocycles. The molecule has 0 unspecified atom stereocenters. The first-order valence-corrected chi connectivity index (χ1v) is 14.8. The van der Waals surface area contributed by atoms with Gasteiger partial charge in [-0.1, -0.05) is 0 Å². The van der Waals surface area contributed by atoms with Gasteiger partial charge in [-0.3, -0.25) is 9.79 Å². The molecular formula is C24H29N7O6S3. The Bertz CT molecular complexity index is 1430. The normalized spacial score (nSPS) is 21.2. The van der Waals surface area contributed by atoms with Crippen molar-refractivity contribution >= 4 is 57.6 Å². The summed E-state index contributed by atoms with van der Waals surface area (Å²) in [6.07, 6.45) is -0.201. The molecule has 16 heteroatoms. The number of thiazole rings is 3. The first kappa shape index (κ1) is 29.8. The van der Waals surface area contributed by atoms with Crippen molar-refractivity contribution in [2.45, 2.75) is 56.5 Å². The molecule has 0 aliphatic carbocycles. The van der Waals surface area contributed by atoms with E-state index in [1.807, 2.05) is 0 Å². The predicted octanol–water partition coefficient (Wildman–Crippen LogP) is 1.69. The number of carbonyl (C=O) groups excluding carboxylic acids is 3. The molecular weight excluding hydrogens is 579 g/mol. The zero-order chi connectivity index (χ0) is 29.2. The molecule has 3 aromatic heterocycles. The van der Waals surface area contributed by atoms with Crippen LogP contribution in [0.15, 0.2) is 21.1 Å². The minimum absolute atomic E-state index is 0.0863. The molecule has 4 rings (SSSR count). The third kappa shape index (κ3) is 5.82. The van der Waals surface area contributed by atoms with Crippen molar-refractivity contribution in [3.05, 3.63) is 48.2 Å². The maximum absolute atomic E-state index is 13.1. The Balaban J connectivity index is 1.89. The van der Waals surface area contributed by atoms with Gasteiger partial charge in [0.25, 0.3) is 0 Å². The van der Waals surface area contributed by atoms with Crippen molar-refractivity contribution < 1.29 is 29.0 Å². The monoisotopic (exact) mass is 607 g/mol. The van der Waals surface area contributed by atoms with E-state index in [-0.39, 0.29) is 11.4 Å². The number of hydrogen-bond acceptors (Lipinski definition) is 15. The van der Waals surface area contributed by atoms with Crippen LogP contribution >= 0.6 is 34.0 Å². The van der Waals surface area contributed by atoms with Crippen molar-refractivity contribution in [1.82, 2.24) is 20.3 Å². The lowest BCUT2D eigenvalue weighted by Gasteiger charge is -2.41. The Kier molecular flexibility index (Phi) is 9.06. The van der Waals surface area contributed by atoms with E-state index in [0.717, 1.165) is 0 Å². The van der Waals surface area contributed by atoms with Gasteiger partial charge in [0.2, 0.25) is 5.91 Å². The molecule has 1 aliphatic rings. The molecule has 0 spiro atoms. The fraction of sp³-hybridized carbons (Fsp3) is 0.458. The average molecular weight is 608 g/mol. The number of methoxy groups -OCH3 is 2. The van der Waals surface area contributed by atoms with Crippen molar-refractivity contribution in [3.63, 3.8) is 0 Å². The van der Waals surface area contributed by atoms with Crippen LogP contribution in [0.25, 0.3) is 0 Å². The van der Waals surface area contributed by atoms with E-state index < -0.39 is 47.6 Å². The van der Waals surface area contributed by atoms with Crippen LogP contribution in [0.5, 0.6) is 0 Å². The standard InChI is InChI=1S/C24H29N7O6S3/c1-10(25)18(33)31-24(23-30-15(9-40-23)22(35)37-4)6-5-12(19-29-14(8-38-19)21(34)36-3)27-17(24)13-7-39-20(28-13)16(26)11(2)32/h7-11,16-17,32H,5-6,25-26H2,1-4H3,(H,31,33)/t10-,11+,16-,17+,24+/m0/s1. The van der Waals surface area contributed by atoms with E-state index in [1.54, 1.807) is 30.0 Å². The molecule has 40 heavy (non-hydrogen) atoms. The molecule has 3 aromatic rings. The lowest BCUT2D eigenvalue weighted by Crippen LogP contribution is -2.55. The van der Waals surface area contributed by atoms with Crippen LogP contribution in [-0.4, -0.2) is 70.0 Å². The Labute approximate surface area is 241 Å². The number of amides is 1. The smallest absolute Gasteiger partial charge is 0.357 e. The predicted molar refractivity (Wildman–Crippen MR) is 150 cm³/mol. The van der Waals surface area contributed by atoms with E-state index in [2.05, 4.69) is 15.3 Å². The number of hydrogen-bond donors (Lipinski definition) is 4. The molecule has 1 aliphatic heterocycles. The number of aromatic nitrogens is 3. The van der Waals surface area contributed by atoms with E-state index in [9.17, 15) is 19.5 Å². The van der Waals surface area contributed by atoms with Gasteiger partial charge in [0.15, 0.2) is 11.4 Å². The molecule has 214 valence electrons. The number of aliphatic hydroxyl groups is 1. The van der Waals surface area contributed by atoms with Gasteiger partial charge in [-0.25, -0.2) is 24.5 Å². The Morgan fingerprint density at radius 3 is 2.30 bits per heavy atom. The van der Waals surface area contributed by atoms with Gasteiger partial charge in [-0.15, -0.1) is 34.0 Å². The van der Waals surface area contributed by atoms with Crippen molar-refractivity contribution in [2.24, 2.45) is 16.5 Å². The molecule has 0 saturated carbocycles. The molecule has 4 heterocycles.